The number of piperazine rings is 1. The number of aryl methyl sites for hydroxylation is 2. The molecule has 1 saturated heterocycles. The summed E-state index contributed by atoms with van der Waals surface area (Å²) < 4.78 is 38.8. The summed E-state index contributed by atoms with van der Waals surface area (Å²) in [5.41, 5.74) is 1.45. The van der Waals surface area contributed by atoms with Gasteiger partial charge in [0.1, 0.15) is 10.6 Å². The molecular weight excluding hydrogens is 398 g/mol. The predicted octanol–water partition coefficient (Wildman–Crippen LogP) is 2.61. The number of hydrogen-bond donors (Lipinski definition) is 1. The van der Waals surface area contributed by atoms with Crippen LogP contribution in [0.1, 0.15) is 11.1 Å². The molecule has 156 valence electrons. The fourth-order valence-corrected chi connectivity index (χ4v) is 4.82. The Bertz CT molecular complexity index is 1010. The Morgan fingerprint density at radius 1 is 1.03 bits per heavy atom. The van der Waals surface area contributed by atoms with Crippen LogP contribution >= 0.6 is 0 Å². The molecule has 1 fully saturated rings. The first-order valence-corrected chi connectivity index (χ1v) is 10.5. The van der Waals surface area contributed by atoms with Crippen molar-refractivity contribution in [2.75, 3.05) is 33.3 Å². The summed E-state index contributed by atoms with van der Waals surface area (Å²) in [6.07, 6.45) is 0. The molecule has 2 aromatic carbocycles. The SMILES string of the molecule is COc1cc(Oc2cc(C)cc(C)c2)c(S(=O)(=O)N2CCNCC2)cc1[N+](=O)[O-]. The zero-order valence-electron chi connectivity index (χ0n) is 16.5. The van der Waals surface area contributed by atoms with Crippen molar-refractivity contribution in [1.82, 2.24) is 9.62 Å². The molecule has 2 aromatic rings. The van der Waals surface area contributed by atoms with Crippen molar-refractivity contribution >= 4 is 15.7 Å². The summed E-state index contributed by atoms with van der Waals surface area (Å²) in [5.74, 6) is 0.347. The Labute approximate surface area is 169 Å². The molecule has 0 bridgehead atoms. The number of sulfonamides is 1. The molecule has 10 heteroatoms. The van der Waals surface area contributed by atoms with Crippen molar-refractivity contribution in [3.63, 3.8) is 0 Å². The van der Waals surface area contributed by atoms with Crippen molar-refractivity contribution in [3.05, 3.63) is 51.6 Å². The Hall–Kier alpha value is -2.69. The van der Waals surface area contributed by atoms with Gasteiger partial charge < -0.3 is 14.8 Å². The van der Waals surface area contributed by atoms with E-state index in [1.54, 1.807) is 12.1 Å². The van der Waals surface area contributed by atoms with Crippen molar-refractivity contribution in [2.24, 2.45) is 0 Å². The van der Waals surface area contributed by atoms with Crippen LogP contribution in [0.2, 0.25) is 0 Å². The molecule has 0 aromatic heterocycles. The summed E-state index contributed by atoms with van der Waals surface area (Å²) >= 11 is 0. The van der Waals surface area contributed by atoms with Gasteiger partial charge in [-0.05, 0) is 37.1 Å². The van der Waals surface area contributed by atoms with Gasteiger partial charge in [0.15, 0.2) is 5.75 Å². The molecule has 9 nitrogen and oxygen atoms in total. The van der Waals surface area contributed by atoms with Crippen molar-refractivity contribution < 1.29 is 22.8 Å². The molecule has 0 spiro atoms. The van der Waals surface area contributed by atoms with Gasteiger partial charge in [0.2, 0.25) is 15.8 Å². The summed E-state index contributed by atoms with van der Waals surface area (Å²) in [6.45, 7) is 5.34. The second kappa shape index (κ2) is 8.36. The molecule has 0 radical (unpaired) electrons. The van der Waals surface area contributed by atoms with E-state index in [9.17, 15) is 18.5 Å². The Kier molecular flexibility index (Phi) is 6.06. The Morgan fingerprint density at radius 2 is 1.66 bits per heavy atom. The minimum Gasteiger partial charge on any atom is -0.490 e. The maximum Gasteiger partial charge on any atom is 0.312 e. The van der Waals surface area contributed by atoms with Crippen LogP contribution in [-0.4, -0.2) is 50.9 Å². The standard InChI is InChI=1S/C19H23N3O6S/c1-13-8-14(2)10-15(9-13)28-18-12-17(27-3)16(22(23)24)11-19(18)29(25,26)21-6-4-20-5-7-21/h8-12,20H,4-7H2,1-3H3. The average molecular weight is 421 g/mol. The van der Waals surface area contributed by atoms with E-state index in [1.165, 1.54) is 17.5 Å². The molecular formula is C19H23N3O6S. The van der Waals surface area contributed by atoms with E-state index in [2.05, 4.69) is 5.32 Å². The summed E-state index contributed by atoms with van der Waals surface area (Å²) in [5, 5.41) is 14.5. The van der Waals surface area contributed by atoms with Gasteiger partial charge in [-0.1, -0.05) is 6.07 Å². The number of nitro benzene ring substituents is 1. The lowest BCUT2D eigenvalue weighted by molar-refractivity contribution is -0.386. The quantitative estimate of drug-likeness (QED) is 0.564. The summed E-state index contributed by atoms with van der Waals surface area (Å²) in [6, 6.07) is 7.75. The highest BCUT2D eigenvalue weighted by Crippen LogP contribution is 2.40. The van der Waals surface area contributed by atoms with Gasteiger partial charge >= 0.3 is 5.69 Å². The highest BCUT2D eigenvalue weighted by atomic mass is 32.2. The van der Waals surface area contributed by atoms with Gasteiger partial charge in [-0.25, -0.2) is 8.42 Å². The van der Waals surface area contributed by atoms with Gasteiger partial charge in [0.05, 0.1) is 12.0 Å². The largest absolute Gasteiger partial charge is 0.490 e. The number of nitrogens with zero attached hydrogens (tertiary/aromatic N) is 2. The first-order valence-electron chi connectivity index (χ1n) is 9.06. The monoisotopic (exact) mass is 421 g/mol. The average Bonchev–Trinajstić information content (AvgIpc) is 2.67. The van der Waals surface area contributed by atoms with Gasteiger partial charge in [-0.3, -0.25) is 10.1 Å². The predicted molar refractivity (Wildman–Crippen MR) is 107 cm³/mol. The minimum absolute atomic E-state index is 0.0176. The molecule has 0 aliphatic carbocycles. The van der Waals surface area contributed by atoms with Crippen LogP contribution < -0.4 is 14.8 Å². The van der Waals surface area contributed by atoms with Crippen LogP contribution in [0.15, 0.2) is 35.2 Å². The van der Waals surface area contributed by atoms with Crippen molar-refractivity contribution in [2.45, 2.75) is 18.7 Å². The van der Waals surface area contributed by atoms with Crippen LogP contribution in [0.25, 0.3) is 0 Å². The number of hydrogen-bond acceptors (Lipinski definition) is 7. The van der Waals surface area contributed by atoms with Crippen LogP contribution in [0.5, 0.6) is 17.2 Å². The fraction of sp³-hybridized carbons (Fsp3) is 0.368. The molecule has 3 rings (SSSR count). The highest BCUT2D eigenvalue weighted by molar-refractivity contribution is 7.89. The molecule has 0 unspecified atom stereocenters. The van der Waals surface area contributed by atoms with Crippen LogP contribution in [0.3, 0.4) is 0 Å². The lowest BCUT2D eigenvalue weighted by Crippen LogP contribution is -2.46. The van der Waals surface area contributed by atoms with Gasteiger partial charge in [0, 0.05) is 38.3 Å². The highest BCUT2D eigenvalue weighted by Gasteiger charge is 2.33. The number of methoxy groups -OCH3 is 1. The third-order valence-corrected chi connectivity index (χ3v) is 6.48. The van der Waals surface area contributed by atoms with Crippen molar-refractivity contribution in [1.29, 1.82) is 0 Å². The van der Waals surface area contributed by atoms with Crippen LogP contribution in [0, 0.1) is 24.0 Å². The van der Waals surface area contributed by atoms with Gasteiger partial charge in [-0.15, -0.1) is 0 Å². The third kappa shape index (κ3) is 4.50. The number of rotatable bonds is 6. The van der Waals surface area contributed by atoms with E-state index in [-0.39, 0.29) is 29.5 Å². The molecule has 1 N–H and O–H groups in total. The van der Waals surface area contributed by atoms with E-state index in [1.807, 2.05) is 19.9 Å². The zero-order valence-corrected chi connectivity index (χ0v) is 17.3. The van der Waals surface area contributed by atoms with Crippen LogP contribution in [0.4, 0.5) is 5.69 Å². The maximum absolute atomic E-state index is 13.3. The first kappa shape index (κ1) is 21.0. The maximum atomic E-state index is 13.3. The molecule has 1 aliphatic heterocycles. The fourth-order valence-electron chi connectivity index (χ4n) is 3.26. The minimum atomic E-state index is -4.01. The second-order valence-corrected chi connectivity index (χ2v) is 8.71. The van der Waals surface area contributed by atoms with E-state index in [4.69, 9.17) is 9.47 Å². The van der Waals surface area contributed by atoms with Crippen molar-refractivity contribution in [3.8, 4) is 17.2 Å². The third-order valence-electron chi connectivity index (χ3n) is 4.56. The molecule has 29 heavy (non-hydrogen) atoms. The number of nitrogens with one attached hydrogen (secondary N) is 1. The van der Waals surface area contributed by atoms with Crippen LogP contribution in [-0.2, 0) is 10.0 Å². The number of ether oxygens (including phenoxy) is 2. The summed E-state index contributed by atoms with van der Waals surface area (Å²) in [4.78, 5) is 10.5. The topological polar surface area (TPSA) is 111 Å². The molecule has 0 amide bonds. The Morgan fingerprint density at radius 3 is 2.21 bits per heavy atom. The number of benzene rings is 2. The first-order chi connectivity index (χ1) is 13.7. The van der Waals surface area contributed by atoms with E-state index < -0.39 is 20.6 Å². The molecule has 0 atom stereocenters. The van der Waals surface area contributed by atoms with Gasteiger partial charge in [0.25, 0.3) is 0 Å². The van der Waals surface area contributed by atoms with E-state index >= 15 is 0 Å². The molecule has 1 aliphatic rings. The lowest BCUT2D eigenvalue weighted by Gasteiger charge is -2.27. The van der Waals surface area contributed by atoms with Gasteiger partial charge in [-0.2, -0.15) is 4.31 Å². The zero-order chi connectivity index (χ0) is 21.2. The smallest absolute Gasteiger partial charge is 0.312 e. The van der Waals surface area contributed by atoms with E-state index in [0.717, 1.165) is 17.2 Å². The second-order valence-electron chi connectivity index (χ2n) is 6.81. The molecule has 1 heterocycles. The number of nitro groups is 1. The Balaban J connectivity index is 2.15. The lowest BCUT2D eigenvalue weighted by atomic mass is 10.1. The normalized spacial score (nSPS) is 15.1. The summed E-state index contributed by atoms with van der Waals surface area (Å²) in [7, 11) is -2.72. The van der Waals surface area contributed by atoms with E-state index in [0.29, 0.717) is 18.8 Å². The molecule has 0 saturated carbocycles.